The average Bonchev–Trinajstić information content (AvgIpc) is 2.77. The van der Waals surface area contributed by atoms with Gasteiger partial charge in [-0.3, -0.25) is 9.69 Å². The maximum Gasteiger partial charge on any atom is 0.255 e. The first-order valence-corrected chi connectivity index (χ1v) is 11.5. The second-order valence-electron chi connectivity index (χ2n) is 7.51. The summed E-state index contributed by atoms with van der Waals surface area (Å²) < 4.78 is 26.9. The first-order chi connectivity index (χ1) is 14.8. The number of hydrogen-bond donors (Lipinski definition) is 2. The molecule has 9 heteroatoms. The second-order valence-corrected chi connectivity index (χ2v) is 9.45. The number of nitrogens with two attached hydrogens (primary N) is 1. The molecule has 1 unspecified atom stereocenters. The van der Waals surface area contributed by atoms with Gasteiger partial charge < -0.3 is 5.11 Å². The molecule has 1 fully saturated rings. The van der Waals surface area contributed by atoms with Crippen molar-refractivity contribution < 1.29 is 18.3 Å². The van der Waals surface area contributed by atoms with E-state index in [4.69, 9.17) is 5.84 Å². The lowest BCUT2D eigenvalue weighted by atomic mass is 9.89. The van der Waals surface area contributed by atoms with Crippen LogP contribution in [-0.2, 0) is 14.8 Å². The Morgan fingerprint density at radius 3 is 2.45 bits per heavy atom. The van der Waals surface area contributed by atoms with Crippen LogP contribution in [0.25, 0.3) is 0 Å². The Balaban J connectivity index is 1.60. The molecule has 0 bridgehead atoms. The fourth-order valence-corrected chi connectivity index (χ4v) is 5.09. The van der Waals surface area contributed by atoms with E-state index in [1.165, 1.54) is 4.31 Å². The third kappa shape index (κ3) is 4.96. The lowest BCUT2D eigenvalue weighted by Gasteiger charge is -2.34. The molecule has 3 rings (SSSR count). The van der Waals surface area contributed by atoms with Crippen LogP contribution in [0.2, 0.25) is 0 Å². The van der Waals surface area contributed by atoms with Crippen LogP contribution < -0.4 is 5.84 Å². The zero-order chi connectivity index (χ0) is 22.6. The molecule has 1 aliphatic carbocycles. The van der Waals surface area contributed by atoms with E-state index in [9.17, 15) is 18.3 Å². The number of allylic oxidation sites excluding steroid dienone is 4. The number of carbonyl (C=O) groups is 1. The van der Waals surface area contributed by atoms with Crippen LogP contribution in [-0.4, -0.2) is 66.4 Å². The number of rotatable bonds is 7. The van der Waals surface area contributed by atoms with Crippen LogP contribution in [0.4, 0.5) is 0 Å². The summed E-state index contributed by atoms with van der Waals surface area (Å²) in [4.78, 5) is 14.8. The number of aliphatic hydroxyl groups excluding tert-OH is 1. The molecule has 1 saturated heterocycles. The predicted molar refractivity (Wildman–Crippen MR) is 119 cm³/mol. The second kappa shape index (κ2) is 9.61. The smallest absolute Gasteiger partial charge is 0.255 e. The maximum atomic E-state index is 12.7. The number of nitrogens with zero attached hydrogens (tertiary/aromatic N) is 3. The van der Waals surface area contributed by atoms with Crippen molar-refractivity contribution in [2.45, 2.75) is 11.3 Å². The minimum atomic E-state index is -3.55. The van der Waals surface area contributed by atoms with Crippen molar-refractivity contribution in [3.63, 3.8) is 0 Å². The van der Waals surface area contributed by atoms with E-state index in [1.807, 2.05) is 4.90 Å². The van der Waals surface area contributed by atoms with Gasteiger partial charge in [-0.05, 0) is 30.2 Å². The standard InChI is InChI=1S/C22H28N4O4S/c1-3-7-19-17(2)10-11-20(22(19)28)26(23)21(27)16-24-12-14-25(15-13-24)31(29,30)18-8-5-4-6-9-18/h3-6,8-11,19,28H,1-2,7,12-16,23H2. The van der Waals surface area contributed by atoms with Gasteiger partial charge in [-0.25, -0.2) is 19.3 Å². The molecule has 0 radical (unpaired) electrons. The van der Waals surface area contributed by atoms with Crippen LogP contribution in [0.1, 0.15) is 6.42 Å². The maximum absolute atomic E-state index is 12.7. The number of hydrogen-bond acceptors (Lipinski definition) is 6. The summed E-state index contributed by atoms with van der Waals surface area (Å²) in [6.07, 6.45) is 5.45. The quantitative estimate of drug-likeness (QED) is 0.287. The number of piperazine rings is 1. The van der Waals surface area contributed by atoms with Gasteiger partial charge in [0, 0.05) is 32.1 Å². The SMILES string of the molecule is C=CCC1C(=C)C=CC(N(N)C(=O)CN2CCN(S(=O)(=O)c3ccccc3)CC2)=C1O. The van der Waals surface area contributed by atoms with Gasteiger partial charge in [0.05, 0.1) is 17.1 Å². The van der Waals surface area contributed by atoms with E-state index in [0.29, 0.717) is 19.5 Å². The zero-order valence-electron chi connectivity index (χ0n) is 17.4. The van der Waals surface area contributed by atoms with Crippen molar-refractivity contribution in [3.8, 4) is 0 Å². The molecule has 3 N–H and O–H groups in total. The molecule has 1 atom stereocenters. The number of aliphatic hydroxyl groups is 1. The summed E-state index contributed by atoms with van der Waals surface area (Å²) in [5, 5.41) is 11.5. The molecule has 1 heterocycles. The van der Waals surface area contributed by atoms with Crippen LogP contribution in [0.5, 0.6) is 0 Å². The van der Waals surface area contributed by atoms with Gasteiger partial charge in [-0.2, -0.15) is 4.31 Å². The summed E-state index contributed by atoms with van der Waals surface area (Å²) in [5.74, 6) is 5.24. The molecule has 1 aromatic rings. The molecular formula is C22H28N4O4S. The van der Waals surface area contributed by atoms with Gasteiger partial charge in [0.25, 0.3) is 5.91 Å². The summed E-state index contributed by atoms with van der Waals surface area (Å²) in [7, 11) is -3.55. The van der Waals surface area contributed by atoms with Gasteiger partial charge >= 0.3 is 0 Å². The third-order valence-corrected chi connectivity index (χ3v) is 7.41. The Kier molecular flexibility index (Phi) is 7.11. The van der Waals surface area contributed by atoms with Gasteiger partial charge in [0.1, 0.15) is 5.76 Å². The predicted octanol–water partition coefficient (Wildman–Crippen LogP) is 1.78. The highest BCUT2D eigenvalue weighted by atomic mass is 32.2. The topological polar surface area (TPSA) is 107 Å². The summed E-state index contributed by atoms with van der Waals surface area (Å²) in [5.41, 5.74) is 0.951. The average molecular weight is 445 g/mol. The molecule has 0 saturated carbocycles. The Labute approximate surface area is 183 Å². The minimum Gasteiger partial charge on any atom is -0.509 e. The van der Waals surface area contributed by atoms with Gasteiger partial charge in [0.2, 0.25) is 10.0 Å². The molecule has 0 spiro atoms. The highest BCUT2D eigenvalue weighted by Crippen LogP contribution is 2.30. The molecule has 1 aliphatic heterocycles. The van der Waals surface area contributed by atoms with Gasteiger partial charge in [0.15, 0.2) is 0 Å². The van der Waals surface area contributed by atoms with E-state index in [1.54, 1.807) is 48.6 Å². The molecule has 1 aromatic carbocycles. The Morgan fingerprint density at radius 1 is 1.19 bits per heavy atom. The fourth-order valence-electron chi connectivity index (χ4n) is 3.65. The molecular weight excluding hydrogens is 416 g/mol. The molecule has 1 amide bonds. The van der Waals surface area contributed by atoms with E-state index >= 15 is 0 Å². The summed E-state index contributed by atoms with van der Waals surface area (Å²) >= 11 is 0. The number of amides is 1. The van der Waals surface area contributed by atoms with E-state index < -0.39 is 15.9 Å². The summed E-state index contributed by atoms with van der Waals surface area (Å²) in [6, 6.07) is 8.30. The van der Waals surface area contributed by atoms with Gasteiger partial charge in [-0.15, -0.1) is 6.58 Å². The van der Waals surface area contributed by atoms with Crippen molar-refractivity contribution in [1.82, 2.24) is 14.2 Å². The number of sulfonamides is 1. The lowest BCUT2D eigenvalue weighted by molar-refractivity contribution is -0.131. The van der Waals surface area contributed by atoms with Gasteiger partial charge in [-0.1, -0.05) is 36.9 Å². The van der Waals surface area contributed by atoms with Crippen molar-refractivity contribution >= 4 is 15.9 Å². The number of hydrazine groups is 1. The Morgan fingerprint density at radius 2 is 1.84 bits per heavy atom. The van der Waals surface area contributed by atoms with Crippen molar-refractivity contribution in [3.05, 3.63) is 78.7 Å². The van der Waals surface area contributed by atoms with Crippen molar-refractivity contribution in [2.24, 2.45) is 11.8 Å². The van der Waals surface area contributed by atoms with Crippen molar-refractivity contribution in [2.75, 3.05) is 32.7 Å². The first-order valence-electron chi connectivity index (χ1n) is 10.0. The lowest BCUT2D eigenvalue weighted by Crippen LogP contribution is -2.52. The number of carbonyl (C=O) groups excluding carboxylic acids is 1. The van der Waals surface area contributed by atoms with Crippen LogP contribution >= 0.6 is 0 Å². The molecule has 166 valence electrons. The Bertz CT molecular complexity index is 1010. The largest absolute Gasteiger partial charge is 0.509 e. The number of benzene rings is 1. The monoisotopic (exact) mass is 444 g/mol. The minimum absolute atomic E-state index is 0.0120. The highest BCUT2D eigenvalue weighted by Gasteiger charge is 2.31. The Hall–Kier alpha value is -2.72. The van der Waals surface area contributed by atoms with Crippen LogP contribution in [0, 0.1) is 5.92 Å². The van der Waals surface area contributed by atoms with E-state index in [-0.39, 0.29) is 41.9 Å². The molecule has 0 aromatic heterocycles. The fraction of sp³-hybridized carbons (Fsp3) is 0.318. The van der Waals surface area contributed by atoms with E-state index in [2.05, 4.69) is 13.2 Å². The van der Waals surface area contributed by atoms with Crippen molar-refractivity contribution in [1.29, 1.82) is 0 Å². The zero-order valence-corrected chi connectivity index (χ0v) is 18.2. The van der Waals surface area contributed by atoms with Crippen LogP contribution in [0.3, 0.4) is 0 Å². The normalized spacial score (nSPS) is 20.7. The first kappa shape index (κ1) is 23.0. The van der Waals surface area contributed by atoms with Crippen LogP contribution in [0.15, 0.2) is 83.6 Å². The third-order valence-electron chi connectivity index (χ3n) is 5.50. The molecule has 2 aliphatic rings. The molecule has 31 heavy (non-hydrogen) atoms. The summed E-state index contributed by atoms with van der Waals surface area (Å²) in [6.45, 7) is 8.99. The van der Waals surface area contributed by atoms with E-state index in [0.717, 1.165) is 10.6 Å². The highest BCUT2D eigenvalue weighted by molar-refractivity contribution is 7.89. The molecule has 8 nitrogen and oxygen atoms in total.